The number of rotatable bonds is 10. The number of amides is 1. The molecule has 0 rings (SSSR count). The van der Waals surface area contributed by atoms with Crippen LogP contribution in [0.2, 0.25) is 0 Å². The Labute approximate surface area is 176 Å². The molecule has 1 amide bonds. The molecule has 0 bridgehead atoms. The van der Waals surface area contributed by atoms with Crippen molar-refractivity contribution < 1.29 is 4.79 Å². The average Bonchev–Trinajstić information content (AvgIpc) is 2.48. The molecule has 0 fully saturated rings. The maximum absolute atomic E-state index is 13.2. The number of hydrogen-bond donors (Lipinski definition) is 1. The zero-order valence-electron chi connectivity index (χ0n) is 20.8. The van der Waals surface area contributed by atoms with Crippen LogP contribution in [0.4, 0.5) is 0 Å². The van der Waals surface area contributed by atoms with Gasteiger partial charge in [-0.05, 0) is 62.9 Å². The first-order chi connectivity index (χ1) is 12.5. The lowest BCUT2D eigenvalue weighted by Crippen LogP contribution is -2.51. The molecule has 162 valence electrons. The summed E-state index contributed by atoms with van der Waals surface area (Å²) in [5.74, 6) is 0.679. The molecule has 2 nitrogen and oxygen atoms in total. The van der Waals surface area contributed by atoms with Crippen molar-refractivity contribution in [2.24, 2.45) is 22.2 Å². The van der Waals surface area contributed by atoms with Crippen LogP contribution in [0.25, 0.3) is 0 Å². The molecule has 0 spiro atoms. The van der Waals surface area contributed by atoms with Crippen molar-refractivity contribution in [3.63, 3.8) is 0 Å². The summed E-state index contributed by atoms with van der Waals surface area (Å²) < 4.78 is 0. The Bertz CT molecular complexity index is 598. The maximum Gasteiger partial charge on any atom is 0.226 e. The van der Waals surface area contributed by atoms with Gasteiger partial charge in [0.2, 0.25) is 5.91 Å². The van der Waals surface area contributed by atoms with E-state index in [2.05, 4.69) is 98.9 Å². The highest BCUT2D eigenvalue weighted by molar-refractivity contribution is 5.82. The molecule has 0 heterocycles. The molecule has 0 aromatic heterocycles. The van der Waals surface area contributed by atoms with E-state index in [-0.39, 0.29) is 22.3 Å². The van der Waals surface area contributed by atoms with E-state index in [0.717, 1.165) is 12.8 Å². The fourth-order valence-corrected chi connectivity index (χ4v) is 4.04. The highest BCUT2D eigenvalue weighted by atomic mass is 16.2. The van der Waals surface area contributed by atoms with Crippen molar-refractivity contribution in [1.29, 1.82) is 0 Å². The van der Waals surface area contributed by atoms with Gasteiger partial charge in [-0.3, -0.25) is 4.79 Å². The lowest BCUT2D eigenvalue weighted by Gasteiger charge is -2.41. The van der Waals surface area contributed by atoms with Gasteiger partial charge >= 0.3 is 0 Å². The standard InChI is InChI=1S/C26H47NO/c1-13-15-17-21(16-14-2)24(7,8)19-26(11,12)27-22(28)25(9,10)18-23(5,6)20(3)4/h13-17,20H,18-19H2,1-12H3,(H,27,28)/b15-13-,16-14-,21-17+. The van der Waals surface area contributed by atoms with Crippen LogP contribution in [0.1, 0.15) is 95.9 Å². The van der Waals surface area contributed by atoms with Crippen LogP contribution in [0.5, 0.6) is 0 Å². The summed E-state index contributed by atoms with van der Waals surface area (Å²) in [6, 6.07) is 0. The molecule has 0 radical (unpaired) electrons. The van der Waals surface area contributed by atoms with Gasteiger partial charge in [0.05, 0.1) is 0 Å². The molecule has 0 saturated heterocycles. The van der Waals surface area contributed by atoms with E-state index < -0.39 is 5.41 Å². The molecule has 0 saturated carbocycles. The van der Waals surface area contributed by atoms with Crippen molar-refractivity contribution in [1.82, 2.24) is 5.32 Å². The minimum Gasteiger partial charge on any atom is -0.351 e. The first-order valence-electron chi connectivity index (χ1n) is 10.8. The zero-order chi connectivity index (χ0) is 22.4. The minimum absolute atomic E-state index is 0.0514. The van der Waals surface area contributed by atoms with Crippen LogP contribution in [0.15, 0.2) is 36.0 Å². The normalized spacial score (nSPS) is 15.1. The molecule has 0 aliphatic rings. The molecule has 2 heteroatoms. The van der Waals surface area contributed by atoms with Crippen molar-refractivity contribution in [3.05, 3.63) is 36.0 Å². The number of carbonyl (C=O) groups is 1. The molecule has 0 unspecified atom stereocenters. The van der Waals surface area contributed by atoms with E-state index in [1.54, 1.807) is 0 Å². The van der Waals surface area contributed by atoms with Gasteiger partial charge in [-0.2, -0.15) is 0 Å². The SMILES string of the molecule is C\C=C/C=C(\C=C/C)C(C)(C)CC(C)(C)NC(=O)C(C)(C)CC(C)(C)C(C)C. The minimum atomic E-state index is -0.401. The van der Waals surface area contributed by atoms with Crippen molar-refractivity contribution in [2.75, 3.05) is 0 Å². The van der Waals surface area contributed by atoms with E-state index in [1.807, 2.05) is 19.9 Å². The van der Waals surface area contributed by atoms with Crippen LogP contribution >= 0.6 is 0 Å². The number of hydrogen-bond acceptors (Lipinski definition) is 1. The summed E-state index contributed by atoms with van der Waals surface area (Å²) in [7, 11) is 0. The number of allylic oxidation sites excluding steroid dienone is 6. The Hall–Kier alpha value is -1.31. The van der Waals surface area contributed by atoms with Gasteiger partial charge in [-0.1, -0.05) is 85.8 Å². The first kappa shape index (κ1) is 26.7. The summed E-state index contributed by atoms with van der Waals surface area (Å²) in [5, 5.41) is 3.36. The Morgan fingerprint density at radius 3 is 1.82 bits per heavy atom. The quantitative estimate of drug-likeness (QED) is 0.386. The summed E-state index contributed by atoms with van der Waals surface area (Å²) in [5.41, 5.74) is 0.650. The third-order valence-electron chi connectivity index (χ3n) is 6.01. The molecular weight excluding hydrogens is 342 g/mol. The van der Waals surface area contributed by atoms with Gasteiger partial charge in [0.25, 0.3) is 0 Å². The molecular formula is C26H47NO. The molecule has 0 aliphatic heterocycles. The molecule has 1 N–H and O–H groups in total. The third-order valence-corrected chi connectivity index (χ3v) is 6.01. The topological polar surface area (TPSA) is 29.1 Å². The lowest BCUT2D eigenvalue weighted by atomic mass is 9.68. The van der Waals surface area contributed by atoms with Gasteiger partial charge in [-0.25, -0.2) is 0 Å². The van der Waals surface area contributed by atoms with Gasteiger partial charge < -0.3 is 5.32 Å². The van der Waals surface area contributed by atoms with Crippen LogP contribution in [0.3, 0.4) is 0 Å². The first-order valence-corrected chi connectivity index (χ1v) is 10.8. The Morgan fingerprint density at radius 1 is 0.857 bits per heavy atom. The Morgan fingerprint density at radius 2 is 1.39 bits per heavy atom. The highest BCUT2D eigenvalue weighted by Gasteiger charge is 2.39. The fourth-order valence-electron chi connectivity index (χ4n) is 4.04. The van der Waals surface area contributed by atoms with E-state index in [9.17, 15) is 4.79 Å². The van der Waals surface area contributed by atoms with E-state index in [1.165, 1.54) is 5.57 Å². The Kier molecular flexibility index (Phi) is 9.48. The second kappa shape index (κ2) is 9.94. The maximum atomic E-state index is 13.2. The molecule has 0 aromatic carbocycles. The second-order valence-electron chi connectivity index (χ2n) is 11.3. The van der Waals surface area contributed by atoms with Crippen LogP contribution in [0, 0.1) is 22.2 Å². The Balaban J connectivity index is 5.43. The van der Waals surface area contributed by atoms with E-state index in [4.69, 9.17) is 0 Å². The smallest absolute Gasteiger partial charge is 0.226 e. The lowest BCUT2D eigenvalue weighted by molar-refractivity contribution is -0.133. The van der Waals surface area contributed by atoms with Crippen LogP contribution < -0.4 is 5.32 Å². The predicted octanol–water partition coefficient (Wildman–Crippen LogP) is 7.47. The third kappa shape index (κ3) is 8.37. The van der Waals surface area contributed by atoms with Crippen LogP contribution in [-0.2, 0) is 4.79 Å². The summed E-state index contributed by atoms with van der Waals surface area (Å²) >= 11 is 0. The molecule has 0 aromatic rings. The van der Waals surface area contributed by atoms with Crippen molar-refractivity contribution >= 4 is 5.91 Å². The summed E-state index contributed by atoms with van der Waals surface area (Å²) in [4.78, 5) is 13.2. The molecule has 28 heavy (non-hydrogen) atoms. The molecule has 0 aliphatic carbocycles. The van der Waals surface area contributed by atoms with Crippen molar-refractivity contribution in [3.8, 4) is 0 Å². The van der Waals surface area contributed by atoms with Gasteiger partial charge in [0.1, 0.15) is 0 Å². The summed E-state index contributed by atoms with van der Waals surface area (Å²) in [6.07, 6.45) is 12.3. The largest absolute Gasteiger partial charge is 0.351 e. The number of nitrogens with one attached hydrogen (secondary N) is 1. The van der Waals surface area contributed by atoms with Gasteiger partial charge in [0.15, 0.2) is 0 Å². The van der Waals surface area contributed by atoms with Crippen molar-refractivity contribution in [2.45, 2.75) is 101 Å². The fraction of sp³-hybridized carbons (Fsp3) is 0.731. The zero-order valence-corrected chi connectivity index (χ0v) is 20.8. The molecule has 0 atom stereocenters. The monoisotopic (exact) mass is 389 g/mol. The second-order valence-corrected chi connectivity index (χ2v) is 11.3. The van der Waals surface area contributed by atoms with E-state index in [0.29, 0.717) is 5.92 Å². The predicted molar refractivity (Wildman–Crippen MR) is 125 cm³/mol. The highest BCUT2D eigenvalue weighted by Crippen LogP contribution is 2.40. The average molecular weight is 390 g/mol. The van der Waals surface area contributed by atoms with Gasteiger partial charge in [0, 0.05) is 11.0 Å². The number of carbonyl (C=O) groups excluding carboxylic acids is 1. The summed E-state index contributed by atoms with van der Waals surface area (Å²) in [6.45, 7) is 26.0. The van der Waals surface area contributed by atoms with Gasteiger partial charge in [-0.15, -0.1) is 0 Å². The van der Waals surface area contributed by atoms with Crippen LogP contribution in [-0.4, -0.2) is 11.4 Å². The van der Waals surface area contributed by atoms with E-state index >= 15 is 0 Å².